The number of rotatable bonds is 2. The summed E-state index contributed by atoms with van der Waals surface area (Å²) in [7, 11) is 0. The molecular formula is C8H11ClN2O2. The highest BCUT2D eigenvalue weighted by Gasteiger charge is 2.28. The van der Waals surface area contributed by atoms with Crippen LogP contribution in [-0.4, -0.2) is 35.8 Å². The molecule has 0 aromatic heterocycles. The van der Waals surface area contributed by atoms with E-state index in [-0.39, 0.29) is 18.4 Å². The van der Waals surface area contributed by atoms with Crippen molar-refractivity contribution in [3.05, 3.63) is 11.6 Å². The lowest BCUT2D eigenvalue weighted by Gasteiger charge is -2.29. The van der Waals surface area contributed by atoms with Gasteiger partial charge < -0.3 is 10.2 Å². The van der Waals surface area contributed by atoms with Gasteiger partial charge in [-0.3, -0.25) is 9.59 Å². The van der Waals surface area contributed by atoms with Gasteiger partial charge in [0.25, 0.3) is 0 Å². The minimum atomic E-state index is -0.426. The zero-order chi connectivity index (χ0) is 9.84. The molecular weight excluding hydrogens is 192 g/mol. The van der Waals surface area contributed by atoms with E-state index in [1.807, 2.05) is 0 Å². The summed E-state index contributed by atoms with van der Waals surface area (Å²) in [6.45, 7) is 2.17. The van der Waals surface area contributed by atoms with E-state index in [2.05, 4.69) is 5.32 Å². The number of nitrogens with one attached hydrogen (secondary N) is 1. The summed E-state index contributed by atoms with van der Waals surface area (Å²) in [6, 6.07) is -0.426. The minimum Gasteiger partial charge on any atom is -0.343 e. The van der Waals surface area contributed by atoms with E-state index in [1.54, 1.807) is 13.0 Å². The second kappa shape index (κ2) is 4.28. The van der Waals surface area contributed by atoms with Crippen LogP contribution in [0.5, 0.6) is 0 Å². The van der Waals surface area contributed by atoms with E-state index in [9.17, 15) is 9.59 Å². The molecule has 1 saturated heterocycles. The molecule has 0 aromatic carbocycles. The Kier molecular flexibility index (Phi) is 3.31. The molecule has 0 spiro atoms. The van der Waals surface area contributed by atoms with Crippen LogP contribution in [0.3, 0.4) is 0 Å². The predicted octanol–water partition coefficient (Wildman–Crippen LogP) is 0.0858. The third-order valence-corrected chi connectivity index (χ3v) is 1.99. The van der Waals surface area contributed by atoms with Gasteiger partial charge in [0.05, 0.1) is 6.54 Å². The lowest BCUT2D eigenvalue weighted by molar-refractivity contribution is -0.143. The molecule has 1 unspecified atom stereocenters. The van der Waals surface area contributed by atoms with Crippen LogP contribution in [0.25, 0.3) is 0 Å². The Labute approximate surface area is 81.5 Å². The normalized spacial score (nSPS) is 23.8. The maximum atomic E-state index is 11.4. The molecule has 4 nitrogen and oxygen atoms in total. The van der Waals surface area contributed by atoms with Crippen LogP contribution < -0.4 is 5.32 Å². The Hall–Kier alpha value is -1.03. The molecule has 1 fully saturated rings. The molecule has 1 rings (SSSR count). The largest absolute Gasteiger partial charge is 0.343 e. The van der Waals surface area contributed by atoms with Crippen LogP contribution in [0, 0.1) is 0 Å². The predicted molar refractivity (Wildman–Crippen MR) is 49.2 cm³/mol. The lowest BCUT2D eigenvalue weighted by Crippen LogP contribution is -2.56. The quantitative estimate of drug-likeness (QED) is 0.690. The molecule has 5 heteroatoms. The van der Waals surface area contributed by atoms with Crippen LogP contribution in [-0.2, 0) is 9.59 Å². The van der Waals surface area contributed by atoms with Crippen molar-refractivity contribution in [1.82, 2.24) is 10.2 Å². The molecule has 1 aliphatic heterocycles. The first kappa shape index (κ1) is 10.1. The molecule has 0 aromatic rings. The van der Waals surface area contributed by atoms with Gasteiger partial charge in [-0.1, -0.05) is 17.7 Å². The fourth-order valence-electron chi connectivity index (χ4n) is 1.20. The molecule has 1 heterocycles. The van der Waals surface area contributed by atoms with Crippen LogP contribution in [0.15, 0.2) is 11.6 Å². The van der Waals surface area contributed by atoms with Crippen molar-refractivity contribution in [3.63, 3.8) is 0 Å². The van der Waals surface area contributed by atoms with Crippen molar-refractivity contribution in [1.29, 1.82) is 0 Å². The Morgan fingerprint density at radius 3 is 3.00 bits per heavy atom. The summed E-state index contributed by atoms with van der Waals surface area (Å²) in [5.41, 5.74) is 1.34. The third-order valence-electron chi connectivity index (χ3n) is 1.81. The van der Waals surface area contributed by atoms with E-state index in [0.29, 0.717) is 6.54 Å². The van der Waals surface area contributed by atoms with Gasteiger partial charge >= 0.3 is 0 Å². The number of halogens is 1. The van der Waals surface area contributed by atoms with Gasteiger partial charge in [0.1, 0.15) is 6.04 Å². The highest BCUT2D eigenvalue weighted by molar-refractivity contribution is 6.25. The van der Waals surface area contributed by atoms with Gasteiger partial charge in [-0.15, -0.1) is 0 Å². The van der Waals surface area contributed by atoms with E-state index in [4.69, 9.17) is 11.6 Å². The highest BCUT2D eigenvalue weighted by Crippen LogP contribution is 2.01. The fraction of sp³-hybridized carbons (Fsp3) is 0.500. The maximum absolute atomic E-state index is 11.4. The molecule has 0 aliphatic carbocycles. The molecule has 13 heavy (non-hydrogen) atoms. The van der Waals surface area contributed by atoms with Crippen LogP contribution in [0.2, 0.25) is 0 Å². The van der Waals surface area contributed by atoms with Crippen molar-refractivity contribution in [2.24, 2.45) is 0 Å². The van der Waals surface area contributed by atoms with Crippen molar-refractivity contribution in [3.8, 4) is 0 Å². The number of carbonyl (C=O) groups is 2. The zero-order valence-corrected chi connectivity index (χ0v) is 8.04. The Balaban J connectivity index is 2.61. The highest BCUT2D eigenvalue weighted by atomic mass is 35.5. The molecule has 1 N–H and O–H groups in total. The monoisotopic (exact) mass is 202 g/mol. The van der Waals surface area contributed by atoms with Gasteiger partial charge in [0, 0.05) is 12.1 Å². The van der Waals surface area contributed by atoms with Gasteiger partial charge in [-0.25, -0.2) is 0 Å². The zero-order valence-electron chi connectivity index (χ0n) is 7.29. The van der Waals surface area contributed by atoms with E-state index < -0.39 is 6.04 Å². The second-order valence-corrected chi connectivity index (χ2v) is 3.12. The Morgan fingerprint density at radius 1 is 1.69 bits per heavy atom. The molecule has 0 bridgehead atoms. The maximum Gasteiger partial charge on any atom is 0.245 e. The number of hydrogen-bond donors (Lipinski definition) is 1. The summed E-state index contributed by atoms with van der Waals surface area (Å²) in [4.78, 5) is 23.9. The molecule has 72 valence electrons. The van der Waals surface area contributed by atoms with Crippen molar-refractivity contribution >= 4 is 23.4 Å². The van der Waals surface area contributed by atoms with E-state index >= 15 is 0 Å². The van der Waals surface area contributed by atoms with Gasteiger partial charge in [0.15, 0.2) is 0 Å². The Morgan fingerprint density at radius 2 is 2.38 bits per heavy atom. The topological polar surface area (TPSA) is 49.4 Å². The first-order chi connectivity index (χ1) is 6.15. The standard InChI is InChI=1S/C8H11ClN2O2/c1-6-8(13)11(4-2-3-9)5-7(12)10-6/h2-3,6H,4-5H2,1H3,(H,10,12)/b3-2+. The average Bonchev–Trinajstić information content (AvgIpc) is 2.09. The van der Waals surface area contributed by atoms with Crippen molar-refractivity contribution in [2.75, 3.05) is 13.1 Å². The van der Waals surface area contributed by atoms with Crippen molar-refractivity contribution in [2.45, 2.75) is 13.0 Å². The first-order valence-electron chi connectivity index (χ1n) is 3.98. The number of piperazine rings is 1. The number of hydrogen-bond acceptors (Lipinski definition) is 2. The SMILES string of the molecule is CC1NC(=O)CN(C/C=C/Cl)C1=O. The minimum absolute atomic E-state index is 0.0747. The summed E-state index contributed by atoms with van der Waals surface area (Å²) in [5, 5.41) is 2.55. The summed E-state index contributed by atoms with van der Waals surface area (Å²) in [5.74, 6) is -0.204. The van der Waals surface area contributed by atoms with Gasteiger partial charge in [-0.2, -0.15) is 0 Å². The summed E-state index contributed by atoms with van der Waals surface area (Å²) < 4.78 is 0. The van der Waals surface area contributed by atoms with E-state index in [0.717, 1.165) is 0 Å². The van der Waals surface area contributed by atoms with Crippen molar-refractivity contribution < 1.29 is 9.59 Å². The molecule has 0 radical (unpaired) electrons. The summed E-state index contributed by atoms with van der Waals surface area (Å²) in [6.07, 6.45) is 1.63. The van der Waals surface area contributed by atoms with Crippen LogP contribution in [0.1, 0.15) is 6.92 Å². The second-order valence-electron chi connectivity index (χ2n) is 2.87. The smallest absolute Gasteiger partial charge is 0.245 e. The Bertz CT molecular complexity index is 253. The summed E-state index contributed by atoms with van der Waals surface area (Å²) >= 11 is 5.32. The number of nitrogens with zero attached hydrogens (tertiary/aromatic N) is 1. The number of carbonyl (C=O) groups excluding carboxylic acids is 2. The average molecular weight is 203 g/mol. The molecule has 0 saturated carbocycles. The molecule has 1 aliphatic rings. The third kappa shape index (κ3) is 2.45. The fourth-order valence-corrected chi connectivity index (χ4v) is 1.28. The van der Waals surface area contributed by atoms with Gasteiger partial charge in [0.2, 0.25) is 11.8 Å². The molecule has 1 atom stereocenters. The van der Waals surface area contributed by atoms with Gasteiger partial charge in [-0.05, 0) is 6.92 Å². The first-order valence-corrected chi connectivity index (χ1v) is 4.42. The van der Waals surface area contributed by atoms with E-state index in [1.165, 1.54) is 10.4 Å². The van der Waals surface area contributed by atoms with Crippen LogP contribution >= 0.6 is 11.6 Å². The van der Waals surface area contributed by atoms with Crippen LogP contribution in [0.4, 0.5) is 0 Å². The lowest BCUT2D eigenvalue weighted by atomic mass is 10.2. The molecule has 2 amide bonds. The number of amides is 2.